The van der Waals surface area contributed by atoms with Crippen LogP contribution in [0.4, 0.5) is 0 Å². The standard InChI is InChI=1S/C12H18N2O2/c1-3-6-11(15)13-14-9-10(4-2)7-5-8-12(14)16/h2,10H,3,5-9H2,1H3,(H,13,15). The molecule has 1 N–H and O–H groups in total. The van der Waals surface area contributed by atoms with Crippen molar-refractivity contribution in [1.82, 2.24) is 10.4 Å². The molecular formula is C12H18N2O2. The van der Waals surface area contributed by atoms with Crippen LogP contribution < -0.4 is 5.43 Å². The molecule has 0 saturated carbocycles. The van der Waals surface area contributed by atoms with Crippen molar-refractivity contribution < 1.29 is 9.59 Å². The number of terminal acetylenes is 1. The Morgan fingerprint density at radius 2 is 2.44 bits per heavy atom. The van der Waals surface area contributed by atoms with Crippen LogP contribution >= 0.6 is 0 Å². The first kappa shape index (κ1) is 12.6. The second-order valence-electron chi connectivity index (χ2n) is 4.05. The van der Waals surface area contributed by atoms with Gasteiger partial charge in [-0.05, 0) is 19.3 Å². The minimum atomic E-state index is -0.117. The molecule has 1 aliphatic heterocycles. The fourth-order valence-electron chi connectivity index (χ4n) is 1.73. The molecule has 1 heterocycles. The number of carbonyl (C=O) groups excluding carboxylic acids is 2. The van der Waals surface area contributed by atoms with Crippen molar-refractivity contribution in [2.75, 3.05) is 6.54 Å². The molecule has 1 fully saturated rings. The third kappa shape index (κ3) is 3.58. The number of rotatable bonds is 3. The van der Waals surface area contributed by atoms with Crippen molar-refractivity contribution in [3.05, 3.63) is 0 Å². The molecule has 0 aromatic carbocycles. The molecule has 4 nitrogen and oxygen atoms in total. The molecule has 88 valence electrons. The summed E-state index contributed by atoms with van der Waals surface area (Å²) in [4.78, 5) is 23.1. The Kier molecular flexibility index (Phi) is 4.84. The van der Waals surface area contributed by atoms with Crippen molar-refractivity contribution >= 4 is 11.8 Å². The zero-order chi connectivity index (χ0) is 12.0. The van der Waals surface area contributed by atoms with Gasteiger partial charge in [0.2, 0.25) is 11.8 Å². The maximum atomic E-state index is 11.7. The molecule has 2 amide bonds. The van der Waals surface area contributed by atoms with Crippen LogP contribution in [0.5, 0.6) is 0 Å². The van der Waals surface area contributed by atoms with Crippen molar-refractivity contribution in [2.45, 2.75) is 39.0 Å². The van der Waals surface area contributed by atoms with E-state index < -0.39 is 0 Å². The van der Waals surface area contributed by atoms with Gasteiger partial charge in [-0.2, -0.15) is 0 Å². The molecule has 0 aromatic rings. The lowest BCUT2D eigenvalue weighted by Crippen LogP contribution is -2.47. The summed E-state index contributed by atoms with van der Waals surface area (Å²) in [7, 11) is 0. The van der Waals surface area contributed by atoms with Crippen LogP contribution in [0, 0.1) is 18.3 Å². The smallest absolute Gasteiger partial charge is 0.241 e. The van der Waals surface area contributed by atoms with Gasteiger partial charge in [-0.3, -0.25) is 20.0 Å². The Bertz CT molecular complexity index is 307. The highest BCUT2D eigenvalue weighted by atomic mass is 16.2. The van der Waals surface area contributed by atoms with Gasteiger partial charge in [0.05, 0.1) is 6.54 Å². The Hall–Kier alpha value is -1.50. The minimum absolute atomic E-state index is 0.0396. The molecule has 1 atom stereocenters. The highest BCUT2D eigenvalue weighted by Crippen LogP contribution is 2.15. The quantitative estimate of drug-likeness (QED) is 0.726. The van der Waals surface area contributed by atoms with Crippen molar-refractivity contribution in [2.24, 2.45) is 5.92 Å². The van der Waals surface area contributed by atoms with Crippen LogP contribution in [0.3, 0.4) is 0 Å². The Morgan fingerprint density at radius 3 is 3.06 bits per heavy atom. The number of nitrogens with zero attached hydrogens (tertiary/aromatic N) is 1. The van der Waals surface area contributed by atoms with Gasteiger partial charge in [-0.15, -0.1) is 12.3 Å². The van der Waals surface area contributed by atoms with Crippen LogP contribution in [0.15, 0.2) is 0 Å². The molecule has 0 spiro atoms. The second-order valence-corrected chi connectivity index (χ2v) is 4.05. The normalized spacial score (nSPS) is 21.1. The molecule has 0 aromatic heterocycles. The topological polar surface area (TPSA) is 49.4 Å². The van der Waals surface area contributed by atoms with Crippen molar-refractivity contribution in [3.8, 4) is 12.3 Å². The third-order valence-electron chi connectivity index (χ3n) is 2.62. The maximum Gasteiger partial charge on any atom is 0.241 e. The molecular weight excluding hydrogens is 204 g/mol. The predicted octanol–water partition coefficient (Wildman–Crippen LogP) is 1.08. The van der Waals surface area contributed by atoms with Gasteiger partial charge in [0.25, 0.3) is 0 Å². The summed E-state index contributed by atoms with van der Waals surface area (Å²) >= 11 is 0. The van der Waals surface area contributed by atoms with Crippen LogP contribution in [-0.2, 0) is 9.59 Å². The first-order valence-corrected chi connectivity index (χ1v) is 5.73. The number of hydrazine groups is 1. The van der Waals surface area contributed by atoms with E-state index in [0.29, 0.717) is 19.4 Å². The first-order valence-electron chi connectivity index (χ1n) is 5.73. The van der Waals surface area contributed by atoms with E-state index in [-0.39, 0.29) is 17.7 Å². The molecule has 0 radical (unpaired) electrons. The largest absolute Gasteiger partial charge is 0.273 e. The predicted molar refractivity (Wildman–Crippen MR) is 60.9 cm³/mol. The lowest BCUT2D eigenvalue weighted by Gasteiger charge is -2.22. The summed E-state index contributed by atoms with van der Waals surface area (Å²) in [6.07, 6.45) is 8.69. The molecule has 1 saturated heterocycles. The van der Waals surface area contributed by atoms with Crippen LogP contribution in [0.25, 0.3) is 0 Å². The van der Waals surface area contributed by atoms with Gasteiger partial charge >= 0.3 is 0 Å². The van der Waals surface area contributed by atoms with Crippen LogP contribution in [-0.4, -0.2) is 23.4 Å². The van der Waals surface area contributed by atoms with Crippen molar-refractivity contribution in [3.63, 3.8) is 0 Å². The Labute approximate surface area is 96.3 Å². The molecule has 1 rings (SSSR count). The minimum Gasteiger partial charge on any atom is -0.273 e. The number of hydrogen-bond acceptors (Lipinski definition) is 2. The monoisotopic (exact) mass is 222 g/mol. The van der Waals surface area contributed by atoms with Gasteiger partial charge < -0.3 is 0 Å². The Morgan fingerprint density at radius 1 is 1.69 bits per heavy atom. The summed E-state index contributed by atoms with van der Waals surface area (Å²) in [5.74, 6) is 2.55. The number of nitrogens with one attached hydrogen (secondary N) is 1. The SMILES string of the molecule is C#CC1CCCC(=O)N(NC(=O)CCC)C1. The maximum absolute atomic E-state index is 11.7. The average molecular weight is 222 g/mol. The van der Waals surface area contributed by atoms with Crippen molar-refractivity contribution in [1.29, 1.82) is 0 Å². The van der Waals surface area contributed by atoms with Crippen LogP contribution in [0.2, 0.25) is 0 Å². The van der Waals surface area contributed by atoms with Gasteiger partial charge in [0.15, 0.2) is 0 Å². The third-order valence-corrected chi connectivity index (χ3v) is 2.62. The molecule has 16 heavy (non-hydrogen) atoms. The van der Waals surface area contributed by atoms with E-state index in [1.165, 1.54) is 5.01 Å². The summed E-state index contributed by atoms with van der Waals surface area (Å²) in [6.45, 7) is 2.36. The fourth-order valence-corrected chi connectivity index (χ4v) is 1.73. The summed E-state index contributed by atoms with van der Waals surface area (Å²) in [6, 6.07) is 0. The average Bonchev–Trinajstić information content (AvgIpc) is 2.42. The van der Waals surface area contributed by atoms with Crippen LogP contribution in [0.1, 0.15) is 39.0 Å². The first-order chi connectivity index (χ1) is 7.67. The van der Waals surface area contributed by atoms with E-state index in [9.17, 15) is 9.59 Å². The lowest BCUT2D eigenvalue weighted by atomic mass is 10.1. The zero-order valence-corrected chi connectivity index (χ0v) is 9.66. The molecule has 0 aliphatic carbocycles. The second kappa shape index (κ2) is 6.16. The summed E-state index contributed by atoms with van der Waals surface area (Å²) in [5.41, 5.74) is 2.62. The van der Waals surface area contributed by atoms with E-state index in [1.54, 1.807) is 0 Å². The van der Waals surface area contributed by atoms with E-state index in [4.69, 9.17) is 6.42 Å². The fraction of sp³-hybridized carbons (Fsp3) is 0.667. The number of amides is 2. The molecule has 0 bridgehead atoms. The molecule has 1 aliphatic rings. The van der Waals surface area contributed by atoms with E-state index in [2.05, 4.69) is 11.3 Å². The number of hydrogen-bond donors (Lipinski definition) is 1. The van der Waals surface area contributed by atoms with Gasteiger partial charge in [0, 0.05) is 18.8 Å². The summed E-state index contributed by atoms with van der Waals surface area (Å²) in [5, 5.41) is 1.38. The van der Waals surface area contributed by atoms with E-state index >= 15 is 0 Å². The van der Waals surface area contributed by atoms with Gasteiger partial charge in [-0.25, -0.2) is 0 Å². The Balaban J connectivity index is 2.57. The summed E-state index contributed by atoms with van der Waals surface area (Å²) < 4.78 is 0. The van der Waals surface area contributed by atoms with E-state index in [1.807, 2.05) is 6.92 Å². The highest BCUT2D eigenvalue weighted by Gasteiger charge is 2.23. The highest BCUT2D eigenvalue weighted by molar-refractivity contribution is 5.82. The molecule has 1 unspecified atom stereocenters. The lowest BCUT2D eigenvalue weighted by molar-refractivity contribution is -0.141. The van der Waals surface area contributed by atoms with Gasteiger partial charge in [0.1, 0.15) is 0 Å². The molecule has 4 heteroatoms. The van der Waals surface area contributed by atoms with Gasteiger partial charge in [-0.1, -0.05) is 6.92 Å². The zero-order valence-electron chi connectivity index (χ0n) is 9.66. The number of carbonyl (C=O) groups is 2. The van der Waals surface area contributed by atoms with E-state index in [0.717, 1.165) is 19.3 Å².